The number of nitrogens with zero attached hydrogens (tertiary/aromatic N) is 2. The topological polar surface area (TPSA) is 64.1 Å². The molecule has 2 rings (SSSR count). The number of amides is 1. The van der Waals surface area contributed by atoms with Crippen LogP contribution in [0.1, 0.15) is 21.6 Å². The molecule has 0 atom stereocenters. The molecule has 0 aliphatic heterocycles. The van der Waals surface area contributed by atoms with E-state index < -0.39 is 12.3 Å². The Bertz CT molecular complexity index is 660. The van der Waals surface area contributed by atoms with Crippen molar-refractivity contribution in [3.05, 3.63) is 53.6 Å². The fourth-order valence-corrected chi connectivity index (χ4v) is 1.75. The SMILES string of the molecule is Cc1cc(CNC(=O)c2cnccn2)ccc1OC(F)(F)F. The van der Waals surface area contributed by atoms with Gasteiger partial charge in [-0.3, -0.25) is 9.78 Å². The lowest BCUT2D eigenvalue weighted by molar-refractivity contribution is -0.274. The van der Waals surface area contributed by atoms with E-state index >= 15 is 0 Å². The second-order valence-electron chi connectivity index (χ2n) is 4.42. The molecule has 0 saturated heterocycles. The molecule has 1 aromatic heterocycles. The minimum atomic E-state index is -4.73. The summed E-state index contributed by atoms with van der Waals surface area (Å²) in [6.45, 7) is 1.65. The van der Waals surface area contributed by atoms with Gasteiger partial charge in [0.25, 0.3) is 5.91 Å². The summed E-state index contributed by atoms with van der Waals surface area (Å²) in [6.07, 6.45) is -0.574. The van der Waals surface area contributed by atoms with E-state index in [1.807, 2.05) is 0 Å². The second-order valence-corrected chi connectivity index (χ2v) is 4.42. The summed E-state index contributed by atoms with van der Waals surface area (Å²) in [7, 11) is 0. The first-order chi connectivity index (χ1) is 10.3. The van der Waals surface area contributed by atoms with E-state index in [0.717, 1.165) is 0 Å². The number of aromatic nitrogens is 2. The van der Waals surface area contributed by atoms with Crippen LogP contribution >= 0.6 is 0 Å². The summed E-state index contributed by atoms with van der Waals surface area (Å²) in [5, 5.41) is 2.61. The number of carbonyl (C=O) groups is 1. The normalized spacial score (nSPS) is 11.1. The Morgan fingerprint density at radius 1 is 1.32 bits per heavy atom. The number of nitrogens with one attached hydrogen (secondary N) is 1. The number of benzene rings is 1. The number of halogens is 3. The first kappa shape index (κ1) is 15.7. The molecule has 1 amide bonds. The van der Waals surface area contributed by atoms with Crippen LogP contribution in [0.5, 0.6) is 5.75 Å². The van der Waals surface area contributed by atoms with E-state index in [9.17, 15) is 18.0 Å². The molecule has 0 radical (unpaired) electrons. The summed E-state index contributed by atoms with van der Waals surface area (Å²) in [5.41, 5.74) is 1.13. The molecule has 8 heteroatoms. The standard InChI is InChI=1S/C14H12F3N3O2/c1-9-6-10(2-3-12(9)22-14(15,16)17)7-20-13(21)11-8-18-4-5-19-11/h2-6,8H,7H2,1H3,(H,20,21). The Hall–Kier alpha value is -2.64. The summed E-state index contributed by atoms with van der Waals surface area (Å²) >= 11 is 0. The zero-order chi connectivity index (χ0) is 16.2. The van der Waals surface area contributed by atoms with Crippen LogP contribution in [-0.4, -0.2) is 22.2 Å². The number of rotatable bonds is 4. The maximum Gasteiger partial charge on any atom is 0.573 e. The van der Waals surface area contributed by atoms with Gasteiger partial charge in [0.15, 0.2) is 0 Å². The molecular weight excluding hydrogens is 299 g/mol. The fraction of sp³-hybridized carbons (Fsp3) is 0.214. The predicted octanol–water partition coefficient (Wildman–Crippen LogP) is 2.61. The first-order valence-electron chi connectivity index (χ1n) is 6.24. The van der Waals surface area contributed by atoms with Gasteiger partial charge in [0.05, 0.1) is 6.20 Å². The number of hydrogen-bond donors (Lipinski definition) is 1. The number of alkyl halides is 3. The van der Waals surface area contributed by atoms with Crippen molar-refractivity contribution in [2.24, 2.45) is 0 Å². The smallest absolute Gasteiger partial charge is 0.406 e. The number of carbonyl (C=O) groups excluding carboxylic acids is 1. The molecule has 0 unspecified atom stereocenters. The van der Waals surface area contributed by atoms with Crippen LogP contribution in [-0.2, 0) is 6.54 Å². The minimum Gasteiger partial charge on any atom is -0.406 e. The van der Waals surface area contributed by atoms with Crippen molar-refractivity contribution in [2.75, 3.05) is 0 Å². The third-order valence-corrected chi connectivity index (χ3v) is 2.71. The molecule has 5 nitrogen and oxygen atoms in total. The van der Waals surface area contributed by atoms with Crippen molar-refractivity contribution in [1.29, 1.82) is 0 Å². The van der Waals surface area contributed by atoms with Gasteiger partial charge in [0, 0.05) is 18.9 Å². The molecule has 0 spiro atoms. The van der Waals surface area contributed by atoms with E-state index in [2.05, 4.69) is 20.0 Å². The van der Waals surface area contributed by atoms with Crippen molar-refractivity contribution >= 4 is 5.91 Å². The number of hydrogen-bond acceptors (Lipinski definition) is 4. The average molecular weight is 311 g/mol. The molecule has 22 heavy (non-hydrogen) atoms. The molecule has 0 aliphatic carbocycles. The van der Waals surface area contributed by atoms with E-state index in [1.54, 1.807) is 0 Å². The maximum atomic E-state index is 12.2. The Kier molecular flexibility index (Phi) is 4.59. The highest BCUT2D eigenvalue weighted by molar-refractivity contribution is 5.91. The average Bonchev–Trinajstić information content (AvgIpc) is 2.47. The predicted molar refractivity (Wildman–Crippen MR) is 71.1 cm³/mol. The third kappa shape index (κ3) is 4.44. The largest absolute Gasteiger partial charge is 0.573 e. The van der Waals surface area contributed by atoms with Gasteiger partial charge in [-0.15, -0.1) is 13.2 Å². The zero-order valence-corrected chi connectivity index (χ0v) is 11.5. The minimum absolute atomic E-state index is 0.155. The van der Waals surface area contributed by atoms with E-state index in [-0.39, 0.29) is 18.0 Å². The lowest BCUT2D eigenvalue weighted by atomic mass is 10.1. The molecule has 1 N–H and O–H groups in total. The van der Waals surface area contributed by atoms with Crippen molar-refractivity contribution in [3.63, 3.8) is 0 Å². The molecule has 1 heterocycles. The lowest BCUT2D eigenvalue weighted by Crippen LogP contribution is -2.24. The molecule has 1 aromatic carbocycles. The highest BCUT2D eigenvalue weighted by Gasteiger charge is 2.31. The van der Waals surface area contributed by atoms with Gasteiger partial charge < -0.3 is 10.1 Å². The van der Waals surface area contributed by atoms with E-state index in [4.69, 9.17) is 0 Å². The van der Waals surface area contributed by atoms with Gasteiger partial charge in [0.2, 0.25) is 0 Å². The van der Waals surface area contributed by atoms with Crippen LogP contribution in [0.4, 0.5) is 13.2 Å². The summed E-state index contributed by atoms with van der Waals surface area (Å²) in [4.78, 5) is 19.4. The number of ether oxygens (including phenoxy) is 1. The highest BCUT2D eigenvalue weighted by atomic mass is 19.4. The molecule has 116 valence electrons. The van der Waals surface area contributed by atoms with Crippen LogP contribution < -0.4 is 10.1 Å². The molecule has 0 fully saturated rings. The fourth-order valence-electron chi connectivity index (χ4n) is 1.75. The molecule has 2 aromatic rings. The van der Waals surface area contributed by atoms with Crippen LogP contribution in [0.3, 0.4) is 0 Å². The van der Waals surface area contributed by atoms with Crippen molar-refractivity contribution in [1.82, 2.24) is 15.3 Å². The lowest BCUT2D eigenvalue weighted by Gasteiger charge is -2.12. The highest BCUT2D eigenvalue weighted by Crippen LogP contribution is 2.26. The van der Waals surface area contributed by atoms with Crippen molar-refractivity contribution in [3.8, 4) is 5.75 Å². The van der Waals surface area contributed by atoms with Gasteiger partial charge in [-0.1, -0.05) is 12.1 Å². The quantitative estimate of drug-likeness (QED) is 0.942. The van der Waals surface area contributed by atoms with Crippen LogP contribution in [0.2, 0.25) is 0 Å². The Labute approximate surface area is 124 Å². The monoisotopic (exact) mass is 311 g/mol. The van der Waals surface area contributed by atoms with Gasteiger partial charge in [-0.2, -0.15) is 0 Å². The van der Waals surface area contributed by atoms with Crippen molar-refractivity contribution in [2.45, 2.75) is 19.8 Å². The molecule has 0 bridgehead atoms. The number of aryl methyl sites for hydroxylation is 1. The van der Waals surface area contributed by atoms with Crippen LogP contribution in [0.15, 0.2) is 36.8 Å². The molecule has 0 saturated carbocycles. The third-order valence-electron chi connectivity index (χ3n) is 2.71. The van der Waals surface area contributed by atoms with Gasteiger partial charge in [-0.05, 0) is 24.1 Å². The summed E-state index contributed by atoms with van der Waals surface area (Å²) in [5.74, 6) is -0.683. The van der Waals surface area contributed by atoms with Crippen LogP contribution in [0.25, 0.3) is 0 Å². The maximum absolute atomic E-state index is 12.2. The zero-order valence-electron chi connectivity index (χ0n) is 11.5. The van der Waals surface area contributed by atoms with E-state index in [0.29, 0.717) is 11.1 Å². The Morgan fingerprint density at radius 3 is 2.68 bits per heavy atom. The first-order valence-corrected chi connectivity index (χ1v) is 6.24. The Balaban J connectivity index is 1.99. The van der Waals surface area contributed by atoms with Gasteiger partial charge in [-0.25, -0.2) is 4.98 Å². The summed E-state index contributed by atoms with van der Waals surface area (Å²) < 4.78 is 40.4. The van der Waals surface area contributed by atoms with Crippen LogP contribution in [0, 0.1) is 6.92 Å². The molecular formula is C14H12F3N3O2. The van der Waals surface area contributed by atoms with Gasteiger partial charge in [0.1, 0.15) is 11.4 Å². The van der Waals surface area contributed by atoms with Gasteiger partial charge >= 0.3 is 6.36 Å². The Morgan fingerprint density at radius 2 is 2.09 bits per heavy atom. The second kappa shape index (κ2) is 6.42. The molecule has 0 aliphatic rings. The van der Waals surface area contributed by atoms with Crippen molar-refractivity contribution < 1.29 is 22.7 Å². The summed E-state index contributed by atoms with van der Waals surface area (Å²) in [6, 6.07) is 4.18. The van der Waals surface area contributed by atoms with E-state index in [1.165, 1.54) is 43.7 Å².